The van der Waals surface area contributed by atoms with Crippen molar-refractivity contribution in [2.75, 3.05) is 0 Å². The van der Waals surface area contributed by atoms with E-state index >= 15 is 0 Å². The summed E-state index contributed by atoms with van der Waals surface area (Å²) in [7, 11) is 0. The van der Waals surface area contributed by atoms with Crippen LogP contribution in [0.15, 0.2) is 24.3 Å². The molecule has 0 atom stereocenters. The van der Waals surface area contributed by atoms with Crippen LogP contribution < -0.4 is 9.47 Å². The van der Waals surface area contributed by atoms with Crippen LogP contribution in [0, 0.1) is 23.7 Å². The Hall–Kier alpha value is -1.84. The van der Waals surface area contributed by atoms with E-state index in [1.54, 1.807) is 31.2 Å². The van der Waals surface area contributed by atoms with Crippen molar-refractivity contribution in [2.45, 2.75) is 90.9 Å². The van der Waals surface area contributed by atoms with Crippen LogP contribution in [0.3, 0.4) is 0 Å². The molecule has 0 N–H and O–H groups in total. The van der Waals surface area contributed by atoms with Gasteiger partial charge in [-0.2, -0.15) is 0 Å². The third-order valence-electron chi connectivity index (χ3n) is 7.19. The second kappa shape index (κ2) is 11.5. The van der Waals surface area contributed by atoms with Gasteiger partial charge < -0.3 is 9.47 Å². The fourth-order valence-electron chi connectivity index (χ4n) is 5.25. The number of carbonyl (C=O) groups is 2. The van der Waals surface area contributed by atoms with Crippen molar-refractivity contribution in [3.05, 3.63) is 24.3 Å². The minimum atomic E-state index is -0.272. The van der Waals surface area contributed by atoms with Crippen LogP contribution in [0.4, 0.5) is 0 Å². The molecule has 4 nitrogen and oxygen atoms in total. The maximum absolute atomic E-state index is 12.6. The Kier molecular flexibility index (Phi) is 8.77. The smallest absolute Gasteiger partial charge is 0.314 e. The van der Waals surface area contributed by atoms with E-state index in [-0.39, 0.29) is 17.9 Å². The lowest BCUT2D eigenvalue weighted by Gasteiger charge is -2.37. The van der Waals surface area contributed by atoms with Crippen LogP contribution in [0.25, 0.3) is 0 Å². The van der Waals surface area contributed by atoms with Crippen LogP contribution in [-0.4, -0.2) is 11.9 Å². The van der Waals surface area contributed by atoms with Crippen LogP contribution in [0.2, 0.25) is 0 Å². The molecule has 0 radical (unpaired) electrons. The van der Waals surface area contributed by atoms with Gasteiger partial charge >= 0.3 is 11.9 Å². The molecule has 4 heteroatoms. The standard InChI is InChI=1S/C26H38O4/c1-3-5-6-19-7-9-20(10-8-19)21-11-13-22(14-12-21)26(28)30-24-17-15-23(16-18-24)29-25(27)4-2/h15-22H,3-14H2,1-2H3. The van der Waals surface area contributed by atoms with Crippen LogP contribution in [0.1, 0.15) is 90.9 Å². The maximum atomic E-state index is 12.6. The number of esters is 2. The monoisotopic (exact) mass is 414 g/mol. The summed E-state index contributed by atoms with van der Waals surface area (Å²) in [5.74, 6) is 3.26. The van der Waals surface area contributed by atoms with Crippen molar-refractivity contribution in [3.63, 3.8) is 0 Å². The van der Waals surface area contributed by atoms with E-state index in [4.69, 9.17) is 9.47 Å². The first-order chi connectivity index (χ1) is 14.6. The summed E-state index contributed by atoms with van der Waals surface area (Å²) in [4.78, 5) is 23.9. The molecular formula is C26H38O4. The van der Waals surface area contributed by atoms with E-state index < -0.39 is 0 Å². The van der Waals surface area contributed by atoms with Gasteiger partial charge in [0, 0.05) is 6.42 Å². The van der Waals surface area contributed by atoms with Gasteiger partial charge in [-0.25, -0.2) is 0 Å². The van der Waals surface area contributed by atoms with Crippen molar-refractivity contribution in [1.82, 2.24) is 0 Å². The van der Waals surface area contributed by atoms with Gasteiger partial charge in [-0.15, -0.1) is 0 Å². The molecule has 0 saturated heterocycles. The van der Waals surface area contributed by atoms with Crippen molar-refractivity contribution in [3.8, 4) is 11.5 Å². The quantitative estimate of drug-likeness (QED) is 0.350. The minimum Gasteiger partial charge on any atom is -0.427 e. The van der Waals surface area contributed by atoms with E-state index in [0.29, 0.717) is 17.9 Å². The first-order valence-electron chi connectivity index (χ1n) is 12.1. The second-order valence-corrected chi connectivity index (χ2v) is 9.25. The van der Waals surface area contributed by atoms with Gasteiger partial charge in [0.05, 0.1) is 5.92 Å². The Balaban J connectivity index is 1.39. The fraction of sp³-hybridized carbons (Fsp3) is 0.692. The highest BCUT2D eigenvalue weighted by Crippen LogP contribution is 2.42. The topological polar surface area (TPSA) is 52.6 Å². The van der Waals surface area contributed by atoms with Crippen molar-refractivity contribution >= 4 is 11.9 Å². The minimum absolute atomic E-state index is 0.0136. The molecule has 0 unspecified atom stereocenters. The predicted molar refractivity (Wildman–Crippen MR) is 118 cm³/mol. The average Bonchev–Trinajstić information content (AvgIpc) is 2.79. The summed E-state index contributed by atoms with van der Waals surface area (Å²) in [6.07, 6.45) is 14.3. The highest BCUT2D eigenvalue weighted by molar-refractivity contribution is 5.75. The lowest BCUT2D eigenvalue weighted by atomic mass is 9.68. The Morgan fingerprint density at radius 3 is 1.87 bits per heavy atom. The third-order valence-corrected chi connectivity index (χ3v) is 7.19. The molecule has 30 heavy (non-hydrogen) atoms. The van der Waals surface area contributed by atoms with Crippen LogP contribution >= 0.6 is 0 Å². The predicted octanol–water partition coefficient (Wildman–Crippen LogP) is 6.71. The Bertz CT molecular complexity index is 665. The zero-order valence-corrected chi connectivity index (χ0v) is 18.7. The second-order valence-electron chi connectivity index (χ2n) is 9.25. The molecule has 2 saturated carbocycles. The molecule has 2 aliphatic carbocycles. The molecule has 0 heterocycles. The molecule has 0 amide bonds. The van der Waals surface area contributed by atoms with E-state index in [1.807, 2.05) is 0 Å². The summed E-state index contributed by atoms with van der Waals surface area (Å²) >= 11 is 0. The fourth-order valence-corrected chi connectivity index (χ4v) is 5.25. The van der Waals surface area contributed by atoms with Crippen molar-refractivity contribution in [2.24, 2.45) is 23.7 Å². The molecule has 166 valence electrons. The zero-order valence-electron chi connectivity index (χ0n) is 18.7. The molecule has 2 aliphatic rings. The van der Waals surface area contributed by atoms with Gasteiger partial charge in [0.2, 0.25) is 0 Å². The maximum Gasteiger partial charge on any atom is 0.314 e. The number of unbranched alkanes of at least 4 members (excludes halogenated alkanes) is 1. The Morgan fingerprint density at radius 2 is 1.33 bits per heavy atom. The molecule has 3 rings (SSSR count). The summed E-state index contributed by atoms with van der Waals surface area (Å²) in [5.41, 5.74) is 0. The SMILES string of the molecule is CCCCC1CCC(C2CCC(C(=O)Oc3ccc(OC(=O)CC)cc3)CC2)CC1. The highest BCUT2D eigenvalue weighted by atomic mass is 16.5. The number of rotatable bonds is 8. The van der Waals surface area contributed by atoms with Gasteiger partial charge in [-0.1, -0.05) is 46.0 Å². The van der Waals surface area contributed by atoms with Gasteiger partial charge in [0.25, 0.3) is 0 Å². The lowest BCUT2D eigenvalue weighted by Crippen LogP contribution is -2.30. The van der Waals surface area contributed by atoms with Crippen LogP contribution in [-0.2, 0) is 9.59 Å². The first kappa shape index (κ1) is 22.8. The van der Waals surface area contributed by atoms with Gasteiger partial charge in [0.1, 0.15) is 11.5 Å². The molecule has 1 aromatic rings. The number of carbonyl (C=O) groups excluding carboxylic acids is 2. The average molecular weight is 415 g/mol. The van der Waals surface area contributed by atoms with E-state index in [0.717, 1.165) is 43.4 Å². The summed E-state index contributed by atoms with van der Waals surface area (Å²) in [5, 5.41) is 0. The largest absolute Gasteiger partial charge is 0.427 e. The van der Waals surface area contributed by atoms with E-state index in [1.165, 1.54) is 44.9 Å². The molecule has 0 aliphatic heterocycles. The number of benzene rings is 1. The summed E-state index contributed by atoms with van der Waals surface area (Å²) < 4.78 is 10.7. The summed E-state index contributed by atoms with van der Waals surface area (Å²) in [6.45, 7) is 4.04. The normalized spacial score (nSPS) is 26.7. The Labute approximate surface area is 181 Å². The molecule has 2 fully saturated rings. The lowest BCUT2D eigenvalue weighted by molar-refractivity contribution is -0.140. The molecule has 1 aromatic carbocycles. The highest BCUT2D eigenvalue weighted by Gasteiger charge is 2.33. The third kappa shape index (κ3) is 6.58. The van der Waals surface area contributed by atoms with Crippen molar-refractivity contribution < 1.29 is 19.1 Å². The number of hydrogen-bond donors (Lipinski definition) is 0. The zero-order chi connectivity index (χ0) is 21.3. The van der Waals surface area contributed by atoms with Crippen molar-refractivity contribution in [1.29, 1.82) is 0 Å². The Morgan fingerprint density at radius 1 is 0.800 bits per heavy atom. The molecular weight excluding hydrogens is 376 g/mol. The number of ether oxygens (including phenoxy) is 2. The van der Waals surface area contributed by atoms with Crippen LogP contribution in [0.5, 0.6) is 11.5 Å². The summed E-state index contributed by atoms with van der Waals surface area (Å²) in [6, 6.07) is 6.73. The van der Waals surface area contributed by atoms with Gasteiger partial charge in [0.15, 0.2) is 0 Å². The number of hydrogen-bond acceptors (Lipinski definition) is 4. The van der Waals surface area contributed by atoms with E-state index in [9.17, 15) is 9.59 Å². The molecule has 0 aromatic heterocycles. The molecule has 0 spiro atoms. The first-order valence-corrected chi connectivity index (χ1v) is 12.1. The van der Waals surface area contributed by atoms with Gasteiger partial charge in [-0.3, -0.25) is 9.59 Å². The molecule has 0 bridgehead atoms. The van der Waals surface area contributed by atoms with Gasteiger partial charge in [-0.05, 0) is 80.5 Å². The van der Waals surface area contributed by atoms with E-state index in [2.05, 4.69) is 6.92 Å².